The summed E-state index contributed by atoms with van der Waals surface area (Å²) in [5, 5.41) is 8.57. The highest BCUT2D eigenvalue weighted by Crippen LogP contribution is 2.10. The van der Waals surface area contributed by atoms with Crippen LogP contribution in [0.3, 0.4) is 0 Å². The molecule has 110 valence electrons. The van der Waals surface area contributed by atoms with Crippen LogP contribution in [0.25, 0.3) is 0 Å². The summed E-state index contributed by atoms with van der Waals surface area (Å²) in [7, 11) is 4.01. The number of ether oxygens (including phenoxy) is 1. The van der Waals surface area contributed by atoms with Crippen LogP contribution in [0.5, 0.6) is 0 Å². The van der Waals surface area contributed by atoms with Gasteiger partial charge in [0.1, 0.15) is 0 Å². The van der Waals surface area contributed by atoms with E-state index >= 15 is 0 Å². The Labute approximate surface area is 114 Å². The number of carboxylic acids is 1. The van der Waals surface area contributed by atoms with Gasteiger partial charge in [0.15, 0.2) is 0 Å². The highest BCUT2D eigenvalue weighted by atomic mass is 16.5. The molecule has 0 unspecified atom stereocenters. The molecule has 1 aliphatic rings. The largest absolute Gasteiger partial charge is 0.481 e. The van der Waals surface area contributed by atoms with Crippen LogP contribution in [0.2, 0.25) is 0 Å². The van der Waals surface area contributed by atoms with Gasteiger partial charge in [-0.15, -0.1) is 0 Å². The molecular weight excluding hydrogens is 248 g/mol. The second-order valence-electron chi connectivity index (χ2n) is 5.29. The average Bonchev–Trinajstić information content (AvgIpc) is 2.53. The van der Waals surface area contributed by atoms with Crippen LogP contribution in [-0.4, -0.2) is 73.7 Å². The summed E-state index contributed by atoms with van der Waals surface area (Å²) >= 11 is 0. The summed E-state index contributed by atoms with van der Waals surface area (Å²) in [6, 6.07) is 0. The van der Waals surface area contributed by atoms with Crippen molar-refractivity contribution in [3.05, 3.63) is 0 Å². The van der Waals surface area contributed by atoms with Crippen LogP contribution in [0, 0.1) is 5.92 Å². The normalized spacial score (nSPS) is 20.4. The fourth-order valence-electron chi connectivity index (χ4n) is 2.28. The Kier molecular flexibility index (Phi) is 6.80. The van der Waals surface area contributed by atoms with Crippen molar-refractivity contribution in [3.63, 3.8) is 0 Å². The van der Waals surface area contributed by atoms with Gasteiger partial charge in [-0.1, -0.05) is 0 Å². The first-order valence-corrected chi connectivity index (χ1v) is 6.71. The number of carbonyl (C=O) groups excluding carboxylic acids is 1. The Morgan fingerprint density at radius 1 is 1.37 bits per heavy atom. The maximum atomic E-state index is 12.0. The number of nitrogens with zero attached hydrogens (tertiary/aromatic N) is 2. The van der Waals surface area contributed by atoms with Crippen LogP contribution in [0.1, 0.15) is 19.3 Å². The summed E-state index contributed by atoms with van der Waals surface area (Å²) in [5.74, 6) is -0.492. The molecule has 1 saturated heterocycles. The Bertz CT molecular complexity index is 307. The number of aliphatic carboxylic acids is 1. The van der Waals surface area contributed by atoms with Gasteiger partial charge in [0.05, 0.1) is 13.2 Å². The molecular formula is C13H24N2O4. The van der Waals surface area contributed by atoms with Gasteiger partial charge in [0.25, 0.3) is 0 Å². The lowest BCUT2D eigenvalue weighted by atomic mass is 10.1. The number of rotatable bonds is 6. The lowest BCUT2D eigenvalue weighted by Gasteiger charge is -2.25. The standard InChI is InChI=1S/C13H24N2O4/c1-14(2)8-11-9-15(6-7-19-10-11)12(16)4-3-5-13(17)18/h11H,3-10H2,1-2H3,(H,17,18)/t11-/m1/s1. The number of carbonyl (C=O) groups is 2. The van der Waals surface area contributed by atoms with Gasteiger partial charge in [0.2, 0.25) is 5.91 Å². The molecule has 0 aromatic carbocycles. The van der Waals surface area contributed by atoms with E-state index in [1.807, 2.05) is 19.0 Å². The minimum absolute atomic E-state index is 0.0375. The number of hydrogen-bond donors (Lipinski definition) is 1. The second-order valence-corrected chi connectivity index (χ2v) is 5.29. The van der Waals surface area contributed by atoms with E-state index in [1.54, 1.807) is 0 Å². The molecule has 0 saturated carbocycles. The molecule has 0 bridgehead atoms. The smallest absolute Gasteiger partial charge is 0.303 e. The van der Waals surface area contributed by atoms with E-state index in [-0.39, 0.29) is 12.3 Å². The zero-order chi connectivity index (χ0) is 14.3. The predicted octanol–water partition coefficient (Wildman–Crippen LogP) is 0.278. The van der Waals surface area contributed by atoms with E-state index in [1.165, 1.54) is 0 Å². The third-order valence-electron chi connectivity index (χ3n) is 3.10. The molecule has 0 aromatic heterocycles. The van der Waals surface area contributed by atoms with E-state index in [4.69, 9.17) is 9.84 Å². The van der Waals surface area contributed by atoms with Gasteiger partial charge < -0.3 is 19.6 Å². The highest BCUT2D eigenvalue weighted by molar-refractivity contribution is 5.77. The van der Waals surface area contributed by atoms with Gasteiger partial charge in [-0.3, -0.25) is 9.59 Å². The van der Waals surface area contributed by atoms with E-state index < -0.39 is 5.97 Å². The first-order valence-electron chi connectivity index (χ1n) is 6.71. The molecule has 6 nitrogen and oxygen atoms in total. The van der Waals surface area contributed by atoms with Crippen molar-refractivity contribution in [2.24, 2.45) is 5.92 Å². The number of amides is 1. The third-order valence-corrected chi connectivity index (χ3v) is 3.10. The van der Waals surface area contributed by atoms with Crippen LogP contribution < -0.4 is 0 Å². The van der Waals surface area contributed by atoms with Crippen molar-refractivity contribution in [1.29, 1.82) is 0 Å². The SMILES string of the molecule is CN(C)C[C@H]1COCCN(C(=O)CCCC(=O)O)C1. The summed E-state index contributed by atoms with van der Waals surface area (Å²) in [5.41, 5.74) is 0. The molecule has 1 N–H and O–H groups in total. The van der Waals surface area contributed by atoms with Gasteiger partial charge in [-0.25, -0.2) is 0 Å². The van der Waals surface area contributed by atoms with E-state index in [0.29, 0.717) is 45.1 Å². The summed E-state index contributed by atoms with van der Waals surface area (Å²) < 4.78 is 5.52. The van der Waals surface area contributed by atoms with Gasteiger partial charge in [0, 0.05) is 38.4 Å². The molecule has 0 aromatic rings. The minimum Gasteiger partial charge on any atom is -0.481 e. The fourth-order valence-corrected chi connectivity index (χ4v) is 2.28. The maximum absolute atomic E-state index is 12.0. The second kappa shape index (κ2) is 8.12. The zero-order valence-electron chi connectivity index (χ0n) is 11.8. The van der Waals surface area contributed by atoms with E-state index in [2.05, 4.69) is 4.90 Å². The fraction of sp³-hybridized carbons (Fsp3) is 0.846. The first kappa shape index (κ1) is 15.9. The molecule has 1 aliphatic heterocycles. The van der Waals surface area contributed by atoms with Crippen LogP contribution >= 0.6 is 0 Å². The summed E-state index contributed by atoms with van der Waals surface area (Å²) in [6.45, 7) is 3.44. The minimum atomic E-state index is -0.850. The Hall–Kier alpha value is -1.14. The van der Waals surface area contributed by atoms with Crippen LogP contribution in [0.4, 0.5) is 0 Å². The zero-order valence-corrected chi connectivity index (χ0v) is 11.8. The van der Waals surface area contributed by atoms with Crippen molar-refractivity contribution >= 4 is 11.9 Å². The topological polar surface area (TPSA) is 70.1 Å². The van der Waals surface area contributed by atoms with Crippen LogP contribution in [-0.2, 0) is 14.3 Å². The Morgan fingerprint density at radius 3 is 2.74 bits per heavy atom. The molecule has 19 heavy (non-hydrogen) atoms. The third kappa shape index (κ3) is 6.54. The molecule has 1 atom stereocenters. The van der Waals surface area contributed by atoms with Crippen molar-refractivity contribution in [1.82, 2.24) is 9.80 Å². The van der Waals surface area contributed by atoms with Crippen molar-refractivity contribution in [2.75, 3.05) is 46.9 Å². The van der Waals surface area contributed by atoms with E-state index in [0.717, 1.165) is 6.54 Å². The molecule has 0 spiro atoms. The maximum Gasteiger partial charge on any atom is 0.303 e. The van der Waals surface area contributed by atoms with Gasteiger partial charge >= 0.3 is 5.97 Å². The Balaban J connectivity index is 2.41. The first-order chi connectivity index (χ1) is 8.99. The van der Waals surface area contributed by atoms with Gasteiger partial charge in [-0.05, 0) is 20.5 Å². The lowest BCUT2D eigenvalue weighted by Crippen LogP contribution is -2.38. The average molecular weight is 272 g/mol. The van der Waals surface area contributed by atoms with Crippen molar-refractivity contribution < 1.29 is 19.4 Å². The predicted molar refractivity (Wildman–Crippen MR) is 70.9 cm³/mol. The summed E-state index contributed by atoms with van der Waals surface area (Å²) in [4.78, 5) is 26.4. The van der Waals surface area contributed by atoms with E-state index in [9.17, 15) is 9.59 Å². The number of carboxylic acid groups (broad SMARTS) is 1. The number of hydrogen-bond acceptors (Lipinski definition) is 4. The monoisotopic (exact) mass is 272 g/mol. The lowest BCUT2D eigenvalue weighted by molar-refractivity contribution is -0.137. The molecule has 1 fully saturated rings. The molecule has 1 heterocycles. The molecule has 6 heteroatoms. The quantitative estimate of drug-likeness (QED) is 0.752. The summed E-state index contributed by atoms with van der Waals surface area (Å²) in [6.07, 6.45) is 0.766. The Morgan fingerprint density at radius 2 is 2.11 bits per heavy atom. The molecule has 1 amide bonds. The molecule has 0 radical (unpaired) electrons. The van der Waals surface area contributed by atoms with Crippen molar-refractivity contribution in [3.8, 4) is 0 Å². The van der Waals surface area contributed by atoms with Gasteiger partial charge in [-0.2, -0.15) is 0 Å². The van der Waals surface area contributed by atoms with Crippen LogP contribution in [0.15, 0.2) is 0 Å². The van der Waals surface area contributed by atoms with Crippen molar-refractivity contribution in [2.45, 2.75) is 19.3 Å². The molecule has 1 rings (SSSR count). The molecule has 0 aliphatic carbocycles. The highest BCUT2D eigenvalue weighted by Gasteiger charge is 2.22.